The van der Waals surface area contributed by atoms with Crippen LogP contribution >= 0.6 is 0 Å². The molecule has 0 bridgehead atoms. The van der Waals surface area contributed by atoms with Crippen LogP contribution < -0.4 is 5.73 Å². The lowest BCUT2D eigenvalue weighted by molar-refractivity contribution is 0.475. The largest absolute Gasteiger partial charge is 0.508 e. The Bertz CT molecular complexity index is 474. The van der Waals surface area contributed by atoms with Crippen LogP contribution in [0.4, 0.5) is 5.69 Å². The van der Waals surface area contributed by atoms with Gasteiger partial charge in [-0.05, 0) is 24.3 Å². The zero-order valence-electron chi connectivity index (χ0n) is 11.3. The fourth-order valence-electron chi connectivity index (χ4n) is 1.27. The number of hydrogen-bond acceptors (Lipinski definition) is 2. The van der Waals surface area contributed by atoms with Gasteiger partial charge in [0.15, 0.2) is 0 Å². The lowest BCUT2D eigenvalue weighted by Crippen LogP contribution is -1.79. The van der Waals surface area contributed by atoms with Gasteiger partial charge in [0.25, 0.3) is 0 Å². The molecule has 2 heteroatoms. The van der Waals surface area contributed by atoms with Crippen molar-refractivity contribution in [3.05, 3.63) is 97.1 Å². The highest BCUT2D eigenvalue weighted by atomic mass is 16.3. The summed E-state index contributed by atoms with van der Waals surface area (Å²) in [5.74, 6) is 0.322. The summed E-state index contributed by atoms with van der Waals surface area (Å²) in [6.07, 6.45) is 0. The van der Waals surface area contributed by atoms with Crippen molar-refractivity contribution >= 4 is 5.69 Å². The molecule has 0 aliphatic carbocycles. The summed E-state index contributed by atoms with van der Waals surface area (Å²) in [6.45, 7) is 0. The van der Waals surface area contributed by atoms with Crippen LogP contribution in [0.2, 0.25) is 0 Å². The van der Waals surface area contributed by atoms with Crippen molar-refractivity contribution in [2.24, 2.45) is 0 Å². The van der Waals surface area contributed by atoms with Crippen LogP contribution in [0.1, 0.15) is 0 Å². The maximum absolute atomic E-state index is 8.63. The first-order valence-corrected chi connectivity index (χ1v) is 6.33. The second kappa shape index (κ2) is 10.2. The average Bonchev–Trinajstić information content (AvgIpc) is 2.52. The van der Waals surface area contributed by atoms with Crippen molar-refractivity contribution in [1.29, 1.82) is 0 Å². The molecule has 0 aliphatic heterocycles. The first-order chi connectivity index (χ1) is 9.79. The van der Waals surface area contributed by atoms with Crippen LogP contribution in [0.5, 0.6) is 5.75 Å². The van der Waals surface area contributed by atoms with E-state index in [1.807, 2.05) is 72.8 Å². The van der Waals surface area contributed by atoms with Crippen LogP contribution in [0.3, 0.4) is 0 Å². The van der Waals surface area contributed by atoms with Gasteiger partial charge in [0, 0.05) is 5.69 Å². The van der Waals surface area contributed by atoms with Crippen molar-refractivity contribution in [2.45, 2.75) is 0 Å². The summed E-state index contributed by atoms with van der Waals surface area (Å²) in [5, 5.41) is 8.63. The lowest BCUT2D eigenvalue weighted by Gasteiger charge is -1.83. The molecule has 0 saturated heterocycles. The minimum Gasteiger partial charge on any atom is -0.508 e. The van der Waals surface area contributed by atoms with Crippen molar-refractivity contribution in [3.8, 4) is 5.75 Å². The third-order valence-corrected chi connectivity index (χ3v) is 2.22. The molecule has 20 heavy (non-hydrogen) atoms. The molecule has 0 heterocycles. The van der Waals surface area contributed by atoms with Gasteiger partial charge in [-0.3, -0.25) is 0 Å². The summed E-state index contributed by atoms with van der Waals surface area (Å²) in [5.41, 5.74) is 6.18. The van der Waals surface area contributed by atoms with Crippen LogP contribution in [-0.2, 0) is 0 Å². The standard InChI is InChI=1S/C6H7N.C6H6O.C6H6/c2*7-6-4-2-1-3-5-6;1-2-4-6-5-3-1/h1-5H,7H2;1-5,7H;1-6H. The fourth-order valence-corrected chi connectivity index (χ4v) is 1.27. The van der Waals surface area contributed by atoms with Crippen LogP contribution in [0, 0.1) is 0 Å². The van der Waals surface area contributed by atoms with E-state index in [2.05, 4.69) is 0 Å². The molecule has 0 spiro atoms. The van der Waals surface area contributed by atoms with E-state index in [0.717, 1.165) is 5.69 Å². The smallest absolute Gasteiger partial charge is 0.115 e. The highest BCUT2D eigenvalue weighted by molar-refractivity contribution is 5.35. The molecule has 0 radical (unpaired) electrons. The van der Waals surface area contributed by atoms with E-state index < -0.39 is 0 Å². The molecular formula is C18H19NO. The van der Waals surface area contributed by atoms with Gasteiger partial charge in [-0.2, -0.15) is 0 Å². The van der Waals surface area contributed by atoms with Gasteiger partial charge in [0.2, 0.25) is 0 Å². The molecule has 102 valence electrons. The molecule has 0 saturated carbocycles. The highest BCUT2D eigenvalue weighted by Crippen LogP contribution is 2.02. The number of rotatable bonds is 0. The van der Waals surface area contributed by atoms with Crippen molar-refractivity contribution in [3.63, 3.8) is 0 Å². The third kappa shape index (κ3) is 8.37. The van der Waals surface area contributed by atoms with Gasteiger partial charge in [-0.15, -0.1) is 0 Å². The molecule has 0 unspecified atom stereocenters. The van der Waals surface area contributed by atoms with Gasteiger partial charge >= 0.3 is 0 Å². The van der Waals surface area contributed by atoms with Crippen LogP contribution in [-0.4, -0.2) is 5.11 Å². The van der Waals surface area contributed by atoms with E-state index in [-0.39, 0.29) is 0 Å². The number of benzene rings is 3. The highest BCUT2D eigenvalue weighted by Gasteiger charge is 1.75. The second-order valence-electron chi connectivity index (χ2n) is 3.90. The predicted molar refractivity (Wildman–Crippen MR) is 85.4 cm³/mol. The van der Waals surface area contributed by atoms with Crippen molar-refractivity contribution < 1.29 is 5.11 Å². The quantitative estimate of drug-likeness (QED) is 0.594. The molecule has 3 N–H and O–H groups in total. The third-order valence-electron chi connectivity index (χ3n) is 2.22. The normalized spacial score (nSPS) is 8.40. The second-order valence-corrected chi connectivity index (χ2v) is 3.90. The summed E-state index contributed by atoms with van der Waals surface area (Å²) in [6, 6.07) is 30.2. The van der Waals surface area contributed by atoms with Gasteiger partial charge in [0.1, 0.15) is 5.75 Å². The maximum atomic E-state index is 8.63. The van der Waals surface area contributed by atoms with E-state index in [1.54, 1.807) is 24.3 Å². The topological polar surface area (TPSA) is 46.2 Å². The number of aromatic hydroxyl groups is 1. The van der Waals surface area contributed by atoms with Crippen molar-refractivity contribution in [1.82, 2.24) is 0 Å². The molecule has 0 aliphatic rings. The molecule has 3 aromatic rings. The van der Waals surface area contributed by atoms with Crippen molar-refractivity contribution in [2.75, 3.05) is 5.73 Å². The summed E-state index contributed by atoms with van der Waals surface area (Å²) in [7, 11) is 0. The number of nitrogens with two attached hydrogens (primary N) is 1. The Balaban J connectivity index is 0.000000151. The Kier molecular flexibility index (Phi) is 7.82. The molecule has 0 amide bonds. The number of anilines is 1. The molecule has 3 aromatic carbocycles. The van der Waals surface area contributed by atoms with Gasteiger partial charge < -0.3 is 10.8 Å². The maximum Gasteiger partial charge on any atom is 0.115 e. The number of phenols is 1. The van der Waals surface area contributed by atoms with E-state index in [1.165, 1.54) is 0 Å². The molecule has 2 nitrogen and oxygen atoms in total. The fraction of sp³-hybridized carbons (Fsp3) is 0. The van der Waals surface area contributed by atoms with E-state index in [0.29, 0.717) is 5.75 Å². The number of phenolic OH excluding ortho intramolecular Hbond substituents is 1. The van der Waals surface area contributed by atoms with Gasteiger partial charge in [-0.25, -0.2) is 0 Å². The molecule has 0 atom stereocenters. The van der Waals surface area contributed by atoms with E-state index in [9.17, 15) is 0 Å². The average molecular weight is 265 g/mol. The Hall–Kier alpha value is -2.74. The first-order valence-electron chi connectivity index (χ1n) is 6.33. The van der Waals surface area contributed by atoms with E-state index >= 15 is 0 Å². The molecule has 0 fully saturated rings. The monoisotopic (exact) mass is 265 g/mol. The Morgan fingerprint density at radius 1 is 0.500 bits per heavy atom. The predicted octanol–water partition coefficient (Wildman–Crippen LogP) is 4.35. The van der Waals surface area contributed by atoms with Crippen LogP contribution in [0.25, 0.3) is 0 Å². The number of para-hydroxylation sites is 2. The Morgan fingerprint density at radius 3 is 1.00 bits per heavy atom. The number of nitrogen functional groups attached to an aromatic ring is 1. The Labute approximate surface area is 120 Å². The summed E-state index contributed by atoms with van der Waals surface area (Å²) < 4.78 is 0. The summed E-state index contributed by atoms with van der Waals surface area (Å²) >= 11 is 0. The minimum atomic E-state index is 0.322. The zero-order valence-corrected chi connectivity index (χ0v) is 11.3. The first kappa shape index (κ1) is 15.3. The molecule has 0 aromatic heterocycles. The molecule has 3 rings (SSSR count). The number of hydrogen-bond donors (Lipinski definition) is 2. The minimum absolute atomic E-state index is 0.322. The van der Waals surface area contributed by atoms with Crippen LogP contribution in [0.15, 0.2) is 97.1 Å². The SMILES string of the molecule is Nc1ccccc1.Oc1ccccc1.c1ccccc1. The van der Waals surface area contributed by atoms with E-state index in [4.69, 9.17) is 10.8 Å². The zero-order chi connectivity index (χ0) is 14.5. The lowest BCUT2D eigenvalue weighted by atomic mass is 10.3. The van der Waals surface area contributed by atoms with Gasteiger partial charge in [-0.1, -0.05) is 72.8 Å². The van der Waals surface area contributed by atoms with Gasteiger partial charge in [0.05, 0.1) is 0 Å². The Morgan fingerprint density at radius 2 is 0.800 bits per heavy atom. The molecular weight excluding hydrogens is 246 g/mol. The summed E-state index contributed by atoms with van der Waals surface area (Å²) in [4.78, 5) is 0.